The van der Waals surface area contributed by atoms with Gasteiger partial charge >= 0.3 is 5.97 Å². The second-order valence-corrected chi connectivity index (χ2v) is 6.27. The highest BCUT2D eigenvalue weighted by atomic mass is 32.1. The molecule has 0 saturated carbocycles. The number of ether oxygens (including phenoxy) is 1. The molecule has 6 nitrogen and oxygen atoms in total. The van der Waals surface area contributed by atoms with Gasteiger partial charge in [0.25, 0.3) is 5.91 Å². The first-order valence-electron chi connectivity index (χ1n) is 7.63. The van der Waals surface area contributed by atoms with Gasteiger partial charge < -0.3 is 14.1 Å². The largest absolute Gasteiger partial charge is 0.459 e. The Kier molecular flexibility index (Phi) is 4.76. The van der Waals surface area contributed by atoms with Gasteiger partial charge in [-0.2, -0.15) is 0 Å². The van der Waals surface area contributed by atoms with E-state index in [0.29, 0.717) is 13.0 Å². The first-order valence-corrected chi connectivity index (χ1v) is 8.51. The summed E-state index contributed by atoms with van der Waals surface area (Å²) in [6.07, 6.45) is 3.71. The Labute approximate surface area is 138 Å². The van der Waals surface area contributed by atoms with Gasteiger partial charge in [0.05, 0.1) is 17.0 Å². The number of likely N-dealkylation sites (tertiary alicyclic amines) is 1. The van der Waals surface area contributed by atoms with Crippen LogP contribution in [0.2, 0.25) is 0 Å². The van der Waals surface area contributed by atoms with Crippen LogP contribution in [0, 0.1) is 0 Å². The van der Waals surface area contributed by atoms with E-state index in [-0.39, 0.29) is 24.2 Å². The number of thiazole rings is 1. The summed E-state index contributed by atoms with van der Waals surface area (Å²) in [5.74, 6) is -0.401. The number of furan rings is 1. The smallest absolute Gasteiger partial charge is 0.329 e. The molecular formula is C16H18N2O4S. The monoisotopic (exact) mass is 334 g/mol. The molecule has 1 aliphatic heterocycles. The van der Waals surface area contributed by atoms with Gasteiger partial charge in [0.2, 0.25) is 0 Å². The second kappa shape index (κ2) is 6.95. The van der Waals surface area contributed by atoms with Crippen molar-refractivity contribution in [1.82, 2.24) is 9.88 Å². The fraction of sp³-hybridized carbons (Fsp3) is 0.438. The van der Waals surface area contributed by atoms with Crippen molar-refractivity contribution in [2.45, 2.75) is 38.8 Å². The maximum atomic E-state index is 12.4. The van der Waals surface area contributed by atoms with E-state index in [9.17, 15) is 9.59 Å². The minimum Gasteiger partial charge on any atom is -0.459 e. The predicted octanol–water partition coefficient (Wildman–Crippen LogP) is 2.65. The predicted molar refractivity (Wildman–Crippen MR) is 84.1 cm³/mol. The topological polar surface area (TPSA) is 72.6 Å². The number of carbonyl (C=O) groups is 2. The van der Waals surface area contributed by atoms with Crippen LogP contribution < -0.4 is 0 Å². The molecule has 0 spiro atoms. The first-order chi connectivity index (χ1) is 11.2. The molecule has 122 valence electrons. The molecule has 0 N–H and O–H groups in total. The molecule has 1 atom stereocenters. The van der Waals surface area contributed by atoms with E-state index in [4.69, 9.17) is 9.15 Å². The SMILES string of the molecule is CCc1nc(COC(=O)[C@H]2CCCN2C(=O)c2ccco2)cs1. The van der Waals surface area contributed by atoms with Crippen molar-refractivity contribution in [2.24, 2.45) is 0 Å². The fourth-order valence-electron chi connectivity index (χ4n) is 2.62. The number of aromatic nitrogens is 1. The van der Waals surface area contributed by atoms with Crippen molar-refractivity contribution in [3.05, 3.63) is 40.2 Å². The highest BCUT2D eigenvalue weighted by Crippen LogP contribution is 2.22. The van der Waals surface area contributed by atoms with E-state index in [2.05, 4.69) is 4.98 Å². The van der Waals surface area contributed by atoms with Crippen LogP contribution in [0.25, 0.3) is 0 Å². The van der Waals surface area contributed by atoms with Gasteiger partial charge in [0.1, 0.15) is 12.6 Å². The van der Waals surface area contributed by atoms with Gasteiger partial charge in [-0.05, 0) is 31.4 Å². The van der Waals surface area contributed by atoms with Crippen molar-refractivity contribution in [1.29, 1.82) is 0 Å². The maximum Gasteiger partial charge on any atom is 0.329 e. The van der Waals surface area contributed by atoms with Crippen LogP contribution in [0.1, 0.15) is 41.0 Å². The highest BCUT2D eigenvalue weighted by molar-refractivity contribution is 7.09. The average Bonchev–Trinajstić information content (AvgIpc) is 3.33. The number of rotatable bonds is 5. The maximum absolute atomic E-state index is 12.4. The minimum atomic E-state index is -0.545. The lowest BCUT2D eigenvalue weighted by Crippen LogP contribution is -2.41. The van der Waals surface area contributed by atoms with Crippen molar-refractivity contribution >= 4 is 23.2 Å². The molecule has 0 aliphatic carbocycles. The molecule has 1 amide bonds. The number of amides is 1. The highest BCUT2D eigenvalue weighted by Gasteiger charge is 2.36. The number of carbonyl (C=O) groups excluding carboxylic acids is 2. The summed E-state index contributed by atoms with van der Waals surface area (Å²) in [6, 6.07) is 2.71. The summed E-state index contributed by atoms with van der Waals surface area (Å²) in [6.45, 7) is 2.72. The molecule has 23 heavy (non-hydrogen) atoms. The number of esters is 1. The Morgan fingerprint density at radius 1 is 1.52 bits per heavy atom. The Morgan fingerprint density at radius 3 is 3.09 bits per heavy atom. The zero-order valence-corrected chi connectivity index (χ0v) is 13.7. The fourth-order valence-corrected chi connectivity index (χ4v) is 3.34. The van der Waals surface area contributed by atoms with E-state index in [1.54, 1.807) is 23.5 Å². The molecule has 0 bridgehead atoms. The zero-order valence-electron chi connectivity index (χ0n) is 12.9. The zero-order chi connectivity index (χ0) is 16.2. The first kappa shape index (κ1) is 15.7. The van der Waals surface area contributed by atoms with Crippen LogP contribution in [0.15, 0.2) is 28.2 Å². The standard InChI is InChI=1S/C16H18N2O4S/c1-2-14-17-11(10-23-14)9-22-16(20)12-5-3-7-18(12)15(19)13-6-4-8-21-13/h4,6,8,10,12H,2-3,5,7,9H2,1H3/t12-/m1/s1. The van der Waals surface area contributed by atoms with Gasteiger partial charge in [-0.15, -0.1) is 11.3 Å². The molecule has 1 fully saturated rings. The van der Waals surface area contributed by atoms with Gasteiger partial charge in [-0.1, -0.05) is 6.92 Å². The molecule has 3 heterocycles. The molecule has 0 radical (unpaired) electrons. The molecule has 0 aromatic carbocycles. The minimum absolute atomic E-state index is 0.147. The lowest BCUT2D eigenvalue weighted by molar-refractivity contribution is -0.149. The van der Waals surface area contributed by atoms with Crippen molar-refractivity contribution in [2.75, 3.05) is 6.54 Å². The Morgan fingerprint density at radius 2 is 2.39 bits per heavy atom. The van der Waals surface area contributed by atoms with E-state index in [0.717, 1.165) is 23.5 Å². The lowest BCUT2D eigenvalue weighted by atomic mass is 10.2. The molecular weight excluding hydrogens is 316 g/mol. The third-order valence-corrected chi connectivity index (χ3v) is 4.82. The van der Waals surface area contributed by atoms with E-state index in [1.807, 2.05) is 12.3 Å². The van der Waals surface area contributed by atoms with Crippen LogP contribution in [0.4, 0.5) is 0 Å². The summed E-state index contributed by atoms with van der Waals surface area (Å²) in [4.78, 5) is 30.6. The molecule has 1 aliphatic rings. The molecule has 2 aromatic heterocycles. The summed E-state index contributed by atoms with van der Waals surface area (Å²) in [5, 5.41) is 2.92. The van der Waals surface area contributed by atoms with E-state index in [1.165, 1.54) is 11.2 Å². The van der Waals surface area contributed by atoms with Gasteiger partial charge in [-0.25, -0.2) is 9.78 Å². The van der Waals surface area contributed by atoms with Crippen LogP contribution in [-0.2, 0) is 22.6 Å². The number of aryl methyl sites for hydroxylation is 1. The molecule has 1 saturated heterocycles. The Bertz CT molecular complexity index is 680. The molecule has 0 unspecified atom stereocenters. The van der Waals surface area contributed by atoms with Crippen LogP contribution in [0.5, 0.6) is 0 Å². The number of hydrogen-bond acceptors (Lipinski definition) is 6. The number of nitrogens with zero attached hydrogens (tertiary/aromatic N) is 2. The van der Waals surface area contributed by atoms with Crippen LogP contribution >= 0.6 is 11.3 Å². The normalized spacial score (nSPS) is 17.4. The van der Waals surface area contributed by atoms with Gasteiger partial charge in [0, 0.05) is 11.9 Å². The molecule has 7 heteroatoms. The van der Waals surface area contributed by atoms with Gasteiger partial charge in [-0.3, -0.25) is 4.79 Å². The van der Waals surface area contributed by atoms with Crippen LogP contribution in [0.3, 0.4) is 0 Å². The third kappa shape index (κ3) is 3.44. The van der Waals surface area contributed by atoms with Crippen molar-refractivity contribution < 1.29 is 18.7 Å². The second-order valence-electron chi connectivity index (χ2n) is 5.33. The van der Waals surface area contributed by atoms with Crippen molar-refractivity contribution in [3.63, 3.8) is 0 Å². The summed E-state index contributed by atoms with van der Waals surface area (Å²) < 4.78 is 10.5. The quantitative estimate of drug-likeness (QED) is 0.786. The Balaban J connectivity index is 1.60. The lowest BCUT2D eigenvalue weighted by Gasteiger charge is -2.22. The van der Waals surface area contributed by atoms with Crippen LogP contribution in [-0.4, -0.2) is 34.3 Å². The summed E-state index contributed by atoms with van der Waals surface area (Å²) in [5.41, 5.74) is 0.752. The molecule has 2 aromatic rings. The van der Waals surface area contributed by atoms with Gasteiger partial charge in [0.15, 0.2) is 5.76 Å². The van der Waals surface area contributed by atoms with Crippen molar-refractivity contribution in [3.8, 4) is 0 Å². The summed E-state index contributed by atoms with van der Waals surface area (Å²) in [7, 11) is 0. The summed E-state index contributed by atoms with van der Waals surface area (Å²) >= 11 is 1.56. The van der Waals surface area contributed by atoms with E-state index >= 15 is 0 Å². The molecule has 3 rings (SSSR count). The average molecular weight is 334 g/mol. The third-order valence-electron chi connectivity index (χ3n) is 3.78. The number of hydrogen-bond donors (Lipinski definition) is 0. The van der Waals surface area contributed by atoms with E-state index < -0.39 is 6.04 Å². The Hall–Kier alpha value is -2.15.